The number of hydrogen-bond acceptors (Lipinski definition) is 4. The molecule has 0 aromatic heterocycles. The third kappa shape index (κ3) is 7.07. The zero-order valence-electron chi connectivity index (χ0n) is 14.8. The topological polar surface area (TPSA) is 82.9 Å². The maximum Gasteiger partial charge on any atom is 0.249 e. The van der Waals surface area contributed by atoms with Gasteiger partial charge in [0, 0.05) is 8.95 Å². The Hall–Kier alpha value is -2.32. The Morgan fingerprint density at radius 3 is 1.41 bits per heavy atom. The lowest BCUT2D eigenvalue weighted by Crippen LogP contribution is -2.28. The zero-order valence-corrected chi connectivity index (χ0v) is 18.0. The number of hydrazone groups is 2. The molecule has 2 amide bonds. The summed E-state index contributed by atoms with van der Waals surface area (Å²) in [6.07, 6.45) is -0.367. The van der Waals surface area contributed by atoms with Gasteiger partial charge in [-0.05, 0) is 49.2 Å². The predicted molar refractivity (Wildman–Crippen MR) is 114 cm³/mol. The van der Waals surface area contributed by atoms with Gasteiger partial charge < -0.3 is 0 Å². The molecule has 0 bridgehead atoms. The third-order valence-corrected chi connectivity index (χ3v) is 4.60. The van der Waals surface area contributed by atoms with Crippen LogP contribution in [0, 0.1) is 0 Å². The monoisotopic (exact) mass is 492 g/mol. The highest BCUT2D eigenvalue weighted by molar-refractivity contribution is 9.10. The van der Waals surface area contributed by atoms with E-state index in [0.717, 1.165) is 20.1 Å². The predicted octanol–water partition coefficient (Wildman–Crippen LogP) is 3.98. The summed E-state index contributed by atoms with van der Waals surface area (Å²) < 4.78 is 1.91. The standard InChI is InChI=1S/C19H18Br2N4O2/c1-12(14-3-7-16(20)8-4-14)22-24-18(26)11-19(27)25-23-13(2)15-5-9-17(21)10-6-15/h3-10H,11H2,1-2H3,(H,24,26)(H,25,27)/b22-12-,23-13+. The summed E-state index contributed by atoms with van der Waals surface area (Å²) in [6.45, 7) is 3.55. The number of carbonyl (C=O) groups excluding carboxylic acids is 2. The third-order valence-electron chi connectivity index (χ3n) is 3.54. The largest absolute Gasteiger partial charge is 0.273 e. The molecule has 0 spiro atoms. The van der Waals surface area contributed by atoms with Gasteiger partial charge in [-0.3, -0.25) is 9.59 Å². The van der Waals surface area contributed by atoms with Crippen LogP contribution in [0.3, 0.4) is 0 Å². The average molecular weight is 494 g/mol. The first-order valence-electron chi connectivity index (χ1n) is 8.03. The number of benzene rings is 2. The molecule has 8 heteroatoms. The highest BCUT2D eigenvalue weighted by Crippen LogP contribution is 2.12. The van der Waals surface area contributed by atoms with Crippen LogP contribution < -0.4 is 10.9 Å². The first-order chi connectivity index (χ1) is 12.8. The fraction of sp³-hybridized carbons (Fsp3) is 0.158. The van der Waals surface area contributed by atoms with E-state index in [9.17, 15) is 9.59 Å². The molecule has 0 heterocycles. The molecule has 2 aromatic rings. The van der Waals surface area contributed by atoms with Gasteiger partial charge in [-0.15, -0.1) is 0 Å². The summed E-state index contributed by atoms with van der Waals surface area (Å²) in [7, 11) is 0. The number of halogens is 2. The molecule has 2 aromatic carbocycles. The Kier molecular flexibility index (Phi) is 7.87. The Morgan fingerprint density at radius 1 is 0.741 bits per heavy atom. The van der Waals surface area contributed by atoms with Crippen molar-refractivity contribution < 1.29 is 9.59 Å². The summed E-state index contributed by atoms with van der Waals surface area (Å²) in [4.78, 5) is 23.7. The second kappa shape index (κ2) is 10.1. The lowest BCUT2D eigenvalue weighted by molar-refractivity contribution is -0.129. The first-order valence-corrected chi connectivity index (χ1v) is 9.62. The normalized spacial score (nSPS) is 11.9. The van der Waals surface area contributed by atoms with E-state index >= 15 is 0 Å². The van der Waals surface area contributed by atoms with E-state index in [0.29, 0.717) is 11.4 Å². The molecular weight excluding hydrogens is 476 g/mol. The zero-order chi connectivity index (χ0) is 19.8. The van der Waals surface area contributed by atoms with Crippen LogP contribution in [-0.4, -0.2) is 23.2 Å². The number of amides is 2. The minimum Gasteiger partial charge on any atom is -0.273 e. The van der Waals surface area contributed by atoms with E-state index in [-0.39, 0.29) is 6.42 Å². The van der Waals surface area contributed by atoms with Gasteiger partial charge in [-0.25, -0.2) is 10.9 Å². The number of nitrogens with zero attached hydrogens (tertiary/aromatic N) is 2. The molecule has 0 saturated carbocycles. The minimum absolute atomic E-state index is 0.367. The molecule has 0 saturated heterocycles. The van der Waals surface area contributed by atoms with Crippen LogP contribution >= 0.6 is 31.9 Å². The summed E-state index contributed by atoms with van der Waals surface area (Å²) in [5.41, 5.74) is 7.77. The Bertz CT molecular complexity index is 802. The molecule has 140 valence electrons. The van der Waals surface area contributed by atoms with Crippen molar-refractivity contribution in [2.75, 3.05) is 0 Å². The van der Waals surface area contributed by atoms with Crippen molar-refractivity contribution >= 4 is 55.1 Å². The molecule has 0 aliphatic rings. The van der Waals surface area contributed by atoms with Crippen molar-refractivity contribution in [2.45, 2.75) is 20.3 Å². The summed E-state index contributed by atoms with van der Waals surface area (Å²) >= 11 is 6.72. The number of hydrogen-bond donors (Lipinski definition) is 2. The van der Waals surface area contributed by atoms with Gasteiger partial charge in [0.05, 0.1) is 11.4 Å². The van der Waals surface area contributed by atoms with Crippen molar-refractivity contribution in [1.29, 1.82) is 0 Å². The van der Waals surface area contributed by atoms with Crippen molar-refractivity contribution in [2.24, 2.45) is 10.2 Å². The number of nitrogens with one attached hydrogen (secondary N) is 2. The Morgan fingerprint density at radius 2 is 1.07 bits per heavy atom. The molecule has 0 fully saturated rings. The second-order valence-electron chi connectivity index (χ2n) is 5.65. The van der Waals surface area contributed by atoms with Crippen LogP contribution in [0.5, 0.6) is 0 Å². The number of carbonyl (C=O) groups is 2. The van der Waals surface area contributed by atoms with Crippen LogP contribution in [0.15, 0.2) is 67.7 Å². The average Bonchev–Trinajstić information content (AvgIpc) is 2.65. The van der Waals surface area contributed by atoms with E-state index in [4.69, 9.17) is 0 Å². The Balaban J connectivity index is 1.85. The van der Waals surface area contributed by atoms with E-state index in [1.54, 1.807) is 13.8 Å². The number of rotatable bonds is 6. The van der Waals surface area contributed by atoms with Gasteiger partial charge in [0.2, 0.25) is 11.8 Å². The van der Waals surface area contributed by atoms with Gasteiger partial charge in [0.15, 0.2) is 0 Å². The highest BCUT2D eigenvalue weighted by Gasteiger charge is 2.09. The summed E-state index contributed by atoms with van der Waals surface area (Å²) in [5.74, 6) is -1.03. The highest BCUT2D eigenvalue weighted by atomic mass is 79.9. The molecule has 2 rings (SSSR count). The van der Waals surface area contributed by atoms with Gasteiger partial charge in [-0.2, -0.15) is 10.2 Å². The quantitative estimate of drug-likeness (QED) is 0.362. The van der Waals surface area contributed by atoms with Crippen molar-refractivity contribution in [3.63, 3.8) is 0 Å². The van der Waals surface area contributed by atoms with Crippen LogP contribution in [0.25, 0.3) is 0 Å². The molecule has 0 aliphatic carbocycles. The summed E-state index contributed by atoms with van der Waals surface area (Å²) in [5, 5.41) is 8.02. The fourth-order valence-electron chi connectivity index (χ4n) is 2.03. The molecule has 27 heavy (non-hydrogen) atoms. The molecule has 0 unspecified atom stereocenters. The van der Waals surface area contributed by atoms with Crippen molar-refractivity contribution in [3.05, 3.63) is 68.6 Å². The molecule has 0 aliphatic heterocycles. The van der Waals surface area contributed by atoms with E-state index in [1.807, 2.05) is 48.5 Å². The van der Waals surface area contributed by atoms with Crippen molar-refractivity contribution in [3.8, 4) is 0 Å². The lowest BCUT2D eigenvalue weighted by Gasteiger charge is -2.04. The molecule has 0 radical (unpaired) electrons. The van der Waals surface area contributed by atoms with Gasteiger partial charge in [-0.1, -0.05) is 56.1 Å². The second-order valence-corrected chi connectivity index (χ2v) is 7.49. The first kappa shape index (κ1) is 21.0. The van der Waals surface area contributed by atoms with E-state index < -0.39 is 11.8 Å². The molecule has 6 nitrogen and oxygen atoms in total. The maximum atomic E-state index is 11.9. The van der Waals surface area contributed by atoms with Crippen LogP contribution in [0.2, 0.25) is 0 Å². The minimum atomic E-state index is -0.513. The lowest BCUT2D eigenvalue weighted by atomic mass is 10.1. The van der Waals surface area contributed by atoms with E-state index in [2.05, 4.69) is 52.9 Å². The van der Waals surface area contributed by atoms with E-state index in [1.165, 1.54) is 0 Å². The fourth-order valence-corrected chi connectivity index (χ4v) is 2.56. The van der Waals surface area contributed by atoms with Gasteiger partial charge in [0.1, 0.15) is 6.42 Å². The molecular formula is C19H18Br2N4O2. The smallest absolute Gasteiger partial charge is 0.249 e. The Labute approximate surface area is 174 Å². The maximum absolute atomic E-state index is 11.9. The molecule has 2 N–H and O–H groups in total. The van der Waals surface area contributed by atoms with Gasteiger partial charge >= 0.3 is 0 Å². The van der Waals surface area contributed by atoms with Crippen LogP contribution in [-0.2, 0) is 9.59 Å². The molecule has 0 atom stereocenters. The summed E-state index contributed by atoms with van der Waals surface area (Å²) in [6, 6.07) is 15.0. The SMILES string of the molecule is C/C(=N/NC(=O)CC(=O)N/N=C(\C)c1ccc(Br)cc1)c1ccc(Br)cc1. The van der Waals surface area contributed by atoms with Crippen LogP contribution in [0.4, 0.5) is 0 Å². The van der Waals surface area contributed by atoms with Gasteiger partial charge in [0.25, 0.3) is 0 Å². The van der Waals surface area contributed by atoms with Crippen LogP contribution in [0.1, 0.15) is 31.4 Å². The van der Waals surface area contributed by atoms with Crippen molar-refractivity contribution in [1.82, 2.24) is 10.9 Å².